The maximum absolute atomic E-state index is 10.8. The smallest absolute Gasteiger partial charge is 0.306 e. The topological polar surface area (TPSA) is 37.3 Å². The first kappa shape index (κ1) is 13.2. The minimum absolute atomic E-state index is 0.336. The molecular weight excluding hydrogens is 268 g/mol. The van der Waals surface area contributed by atoms with Crippen LogP contribution in [0, 0.1) is 5.92 Å². The van der Waals surface area contributed by atoms with Crippen LogP contribution in [0.4, 0.5) is 0 Å². The van der Waals surface area contributed by atoms with Crippen LogP contribution in [0.5, 0.6) is 0 Å². The van der Waals surface area contributed by atoms with Gasteiger partial charge in [0, 0.05) is 4.47 Å². The summed E-state index contributed by atoms with van der Waals surface area (Å²) in [4.78, 5) is 10.8. The largest absolute Gasteiger partial charge is 0.481 e. The predicted octanol–water partition coefficient (Wildman–Crippen LogP) is 3.84. The number of carboxylic acids is 1. The molecular formula is C13H17BrO2. The Morgan fingerprint density at radius 1 is 1.38 bits per heavy atom. The van der Waals surface area contributed by atoms with E-state index in [-0.39, 0.29) is 5.92 Å². The Kier molecular flexibility index (Phi) is 4.54. The summed E-state index contributed by atoms with van der Waals surface area (Å²) in [6.07, 6.45) is 0.576. The first-order valence-electron chi connectivity index (χ1n) is 5.43. The van der Waals surface area contributed by atoms with Crippen LogP contribution in [-0.4, -0.2) is 11.1 Å². The predicted molar refractivity (Wildman–Crippen MR) is 68.7 cm³/mol. The van der Waals surface area contributed by atoms with Gasteiger partial charge in [0.15, 0.2) is 0 Å². The van der Waals surface area contributed by atoms with Crippen molar-refractivity contribution in [3.05, 3.63) is 33.8 Å². The monoisotopic (exact) mass is 284 g/mol. The zero-order valence-corrected chi connectivity index (χ0v) is 11.4. The van der Waals surface area contributed by atoms with Gasteiger partial charge in [-0.05, 0) is 29.5 Å². The van der Waals surface area contributed by atoms with Crippen molar-refractivity contribution in [2.75, 3.05) is 0 Å². The molecule has 0 bridgehead atoms. The van der Waals surface area contributed by atoms with Crippen molar-refractivity contribution in [3.8, 4) is 0 Å². The molecule has 0 fully saturated rings. The van der Waals surface area contributed by atoms with Crippen LogP contribution < -0.4 is 0 Å². The van der Waals surface area contributed by atoms with Crippen molar-refractivity contribution >= 4 is 21.9 Å². The van der Waals surface area contributed by atoms with Gasteiger partial charge in [-0.2, -0.15) is 0 Å². The second-order valence-electron chi connectivity index (χ2n) is 4.45. The van der Waals surface area contributed by atoms with Crippen LogP contribution in [0.1, 0.15) is 37.8 Å². The Morgan fingerprint density at radius 3 is 2.44 bits per heavy atom. The highest BCUT2D eigenvalue weighted by Gasteiger charge is 2.12. The standard InChI is InChI=1S/C13H17BrO2/c1-8(2)11-5-4-10(7-12(11)14)6-9(3)13(15)16/h4-5,7-9H,6H2,1-3H3,(H,15,16). The molecule has 1 aromatic rings. The van der Waals surface area contributed by atoms with Crippen LogP contribution in [0.3, 0.4) is 0 Å². The molecule has 0 amide bonds. The van der Waals surface area contributed by atoms with Crippen molar-refractivity contribution < 1.29 is 9.90 Å². The lowest BCUT2D eigenvalue weighted by Gasteiger charge is -2.11. The Labute approximate surface area is 105 Å². The van der Waals surface area contributed by atoms with Gasteiger partial charge in [-0.15, -0.1) is 0 Å². The van der Waals surface area contributed by atoms with Crippen LogP contribution in [0.15, 0.2) is 22.7 Å². The average Bonchev–Trinajstić information content (AvgIpc) is 2.16. The Balaban J connectivity index is 2.85. The van der Waals surface area contributed by atoms with Crippen molar-refractivity contribution in [2.24, 2.45) is 5.92 Å². The zero-order valence-electron chi connectivity index (χ0n) is 9.83. The lowest BCUT2D eigenvalue weighted by Crippen LogP contribution is -2.12. The number of carboxylic acid groups (broad SMARTS) is 1. The number of halogens is 1. The molecule has 0 aliphatic rings. The molecule has 0 aliphatic carbocycles. The summed E-state index contributed by atoms with van der Waals surface area (Å²) < 4.78 is 1.07. The maximum Gasteiger partial charge on any atom is 0.306 e. The molecule has 88 valence electrons. The summed E-state index contributed by atoms with van der Waals surface area (Å²) in [5.41, 5.74) is 2.32. The van der Waals surface area contributed by atoms with E-state index in [4.69, 9.17) is 5.11 Å². The lowest BCUT2D eigenvalue weighted by molar-refractivity contribution is -0.141. The molecule has 0 saturated heterocycles. The van der Waals surface area contributed by atoms with E-state index < -0.39 is 5.97 Å². The van der Waals surface area contributed by atoms with E-state index >= 15 is 0 Å². The molecule has 0 saturated carbocycles. The molecule has 1 aromatic carbocycles. The van der Waals surface area contributed by atoms with Crippen LogP contribution in [-0.2, 0) is 11.2 Å². The minimum Gasteiger partial charge on any atom is -0.481 e. The van der Waals surface area contributed by atoms with Crippen molar-refractivity contribution in [1.29, 1.82) is 0 Å². The molecule has 2 nitrogen and oxygen atoms in total. The molecule has 0 aliphatic heterocycles. The Hall–Kier alpha value is -0.830. The molecule has 0 radical (unpaired) electrons. The highest BCUT2D eigenvalue weighted by molar-refractivity contribution is 9.10. The summed E-state index contributed by atoms with van der Waals surface area (Å²) in [6, 6.07) is 6.10. The third kappa shape index (κ3) is 3.34. The van der Waals surface area contributed by atoms with Gasteiger partial charge < -0.3 is 5.11 Å². The molecule has 1 rings (SSSR count). The number of rotatable bonds is 4. The highest BCUT2D eigenvalue weighted by atomic mass is 79.9. The van der Waals surface area contributed by atoms with Gasteiger partial charge in [0.05, 0.1) is 5.92 Å². The molecule has 0 heterocycles. The van der Waals surface area contributed by atoms with E-state index in [9.17, 15) is 4.79 Å². The van der Waals surface area contributed by atoms with E-state index in [1.807, 2.05) is 12.1 Å². The molecule has 3 heteroatoms. The quantitative estimate of drug-likeness (QED) is 0.912. The fourth-order valence-corrected chi connectivity index (χ4v) is 2.49. The van der Waals surface area contributed by atoms with E-state index in [2.05, 4.69) is 35.8 Å². The van der Waals surface area contributed by atoms with E-state index in [0.717, 1.165) is 10.0 Å². The number of carbonyl (C=O) groups is 1. The van der Waals surface area contributed by atoms with Gasteiger partial charge in [0.2, 0.25) is 0 Å². The molecule has 1 N–H and O–H groups in total. The number of hydrogen-bond acceptors (Lipinski definition) is 1. The fraction of sp³-hybridized carbons (Fsp3) is 0.462. The van der Waals surface area contributed by atoms with Crippen molar-refractivity contribution in [2.45, 2.75) is 33.1 Å². The number of aliphatic carboxylic acids is 1. The van der Waals surface area contributed by atoms with Crippen molar-refractivity contribution in [1.82, 2.24) is 0 Å². The van der Waals surface area contributed by atoms with Crippen LogP contribution in [0.25, 0.3) is 0 Å². The van der Waals surface area contributed by atoms with Gasteiger partial charge in [0.1, 0.15) is 0 Å². The van der Waals surface area contributed by atoms with Gasteiger partial charge in [0.25, 0.3) is 0 Å². The molecule has 1 unspecified atom stereocenters. The molecule has 0 aromatic heterocycles. The summed E-state index contributed by atoms with van der Waals surface area (Å²) in [5.74, 6) is -0.610. The Morgan fingerprint density at radius 2 is 2.00 bits per heavy atom. The highest BCUT2D eigenvalue weighted by Crippen LogP contribution is 2.26. The summed E-state index contributed by atoms with van der Waals surface area (Å²) in [7, 11) is 0. The summed E-state index contributed by atoms with van der Waals surface area (Å²) >= 11 is 3.53. The summed E-state index contributed by atoms with van der Waals surface area (Å²) in [5, 5.41) is 8.84. The first-order chi connectivity index (χ1) is 7.41. The lowest BCUT2D eigenvalue weighted by atomic mass is 9.97. The van der Waals surface area contributed by atoms with Gasteiger partial charge >= 0.3 is 5.97 Å². The maximum atomic E-state index is 10.8. The van der Waals surface area contributed by atoms with Gasteiger partial charge in [-0.25, -0.2) is 0 Å². The van der Waals surface area contributed by atoms with E-state index in [1.165, 1.54) is 5.56 Å². The summed E-state index contributed by atoms with van der Waals surface area (Å²) in [6.45, 7) is 6.01. The van der Waals surface area contributed by atoms with Crippen LogP contribution in [0.2, 0.25) is 0 Å². The second-order valence-corrected chi connectivity index (χ2v) is 5.31. The van der Waals surface area contributed by atoms with E-state index in [0.29, 0.717) is 12.3 Å². The number of hydrogen-bond donors (Lipinski definition) is 1. The van der Waals surface area contributed by atoms with E-state index in [1.54, 1.807) is 6.92 Å². The molecule has 0 spiro atoms. The normalized spacial score (nSPS) is 12.8. The average molecular weight is 285 g/mol. The minimum atomic E-state index is -0.746. The second kappa shape index (κ2) is 5.48. The third-order valence-electron chi connectivity index (χ3n) is 2.65. The molecule has 16 heavy (non-hydrogen) atoms. The van der Waals surface area contributed by atoms with Crippen molar-refractivity contribution in [3.63, 3.8) is 0 Å². The zero-order chi connectivity index (χ0) is 12.3. The Bertz CT molecular complexity index is 386. The molecule has 1 atom stereocenters. The van der Waals surface area contributed by atoms with Crippen LogP contribution >= 0.6 is 15.9 Å². The third-order valence-corrected chi connectivity index (χ3v) is 3.34. The van der Waals surface area contributed by atoms with Gasteiger partial charge in [-0.1, -0.05) is 48.8 Å². The number of benzene rings is 1. The SMILES string of the molecule is CC(Cc1ccc(C(C)C)c(Br)c1)C(=O)O. The van der Waals surface area contributed by atoms with Gasteiger partial charge in [-0.3, -0.25) is 4.79 Å². The fourth-order valence-electron chi connectivity index (χ4n) is 1.61. The first-order valence-corrected chi connectivity index (χ1v) is 6.22.